The Balaban J connectivity index is 1.31. The summed E-state index contributed by atoms with van der Waals surface area (Å²) in [7, 11) is 1.86. The van der Waals surface area contributed by atoms with Gasteiger partial charge in [0, 0.05) is 24.5 Å². The predicted molar refractivity (Wildman–Crippen MR) is 115 cm³/mol. The second kappa shape index (κ2) is 7.18. The van der Waals surface area contributed by atoms with Crippen molar-refractivity contribution in [3.8, 4) is 11.9 Å². The lowest BCUT2D eigenvalue weighted by Crippen LogP contribution is -2.60. The first-order valence-electron chi connectivity index (χ1n) is 11.0. The summed E-state index contributed by atoms with van der Waals surface area (Å²) < 4.78 is 21.0. The van der Waals surface area contributed by atoms with Gasteiger partial charge in [-0.25, -0.2) is 4.98 Å². The van der Waals surface area contributed by atoms with Crippen LogP contribution in [0, 0.1) is 22.7 Å². The van der Waals surface area contributed by atoms with Crippen molar-refractivity contribution in [2.45, 2.75) is 31.9 Å². The molecule has 10 heteroatoms. The lowest BCUT2D eigenvalue weighted by molar-refractivity contribution is -0.214. The largest absolute Gasteiger partial charge is 0.471 e. The van der Waals surface area contributed by atoms with Gasteiger partial charge in [-0.3, -0.25) is 4.68 Å². The highest BCUT2D eigenvalue weighted by molar-refractivity contribution is 5.79. The van der Waals surface area contributed by atoms with Gasteiger partial charge in [0.25, 0.3) is 5.88 Å². The van der Waals surface area contributed by atoms with E-state index in [0.717, 1.165) is 37.1 Å². The van der Waals surface area contributed by atoms with Gasteiger partial charge in [0.1, 0.15) is 29.2 Å². The highest BCUT2D eigenvalue weighted by Crippen LogP contribution is 2.49. The highest BCUT2D eigenvalue weighted by atomic mass is 16.5. The molecule has 1 spiro atoms. The molecule has 1 N–H and O–H groups in total. The molecule has 2 aliphatic heterocycles. The quantitative estimate of drug-likeness (QED) is 0.651. The van der Waals surface area contributed by atoms with Crippen LogP contribution >= 0.6 is 0 Å². The Labute approximate surface area is 185 Å². The summed E-state index contributed by atoms with van der Waals surface area (Å²) >= 11 is 0. The summed E-state index contributed by atoms with van der Waals surface area (Å²) in [5.74, 6) is 1.27. The van der Waals surface area contributed by atoms with Crippen LogP contribution in [0.4, 0.5) is 11.6 Å². The highest BCUT2D eigenvalue weighted by Gasteiger charge is 2.54. The summed E-state index contributed by atoms with van der Waals surface area (Å²) in [6.07, 6.45) is 5.86. The summed E-state index contributed by atoms with van der Waals surface area (Å²) in [5.41, 5.74) is 2.15. The Bertz CT molecular complexity index is 1220. The molecule has 2 saturated heterocycles. The second-order valence-corrected chi connectivity index (χ2v) is 9.21. The number of nitriles is 1. The van der Waals surface area contributed by atoms with E-state index in [-0.39, 0.29) is 17.6 Å². The van der Waals surface area contributed by atoms with E-state index in [1.807, 2.05) is 23.9 Å². The first-order valence-corrected chi connectivity index (χ1v) is 11.0. The van der Waals surface area contributed by atoms with Crippen LogP contribution in [0.15, 0.2) is 18.5 Å². The zero-order chi connectivity index (χ0) is 21.9. The smallest absolute Gasteiger partial charge is 0.257 e. The number of hydrogen-bond acceptors (Lipinski definition) is 8. The summed E-state index contributed by atoms with van der Waals surface area (Å²) in [6.45, 7) is 4.89. The van der Waals surface area contributed by atoms with Gasteiger partial charge in [-0.15, -0.1) is 5.10 Å². The monoisotopic (exact) mass is 435 g/mol. The molecule has 1 aliphatic carbocycles. The summed E-state index contributed by atoms with van der Waals surface area (Å²) in [6, 6.07) is 4.20. The van der Waals surface area contributed by atoms with Crippen molar-refractivity contribution in [3.05, 3.63) is 24.2 Å². The average Bonchev–Trinajstić information content (AvgIpc) is 3.40. The van der Waals surface area contributed by atoms with Crippen molar-refractivity contribution in [3.63, 3.8) is 0 Å². The van der Waals surface area contributed by atoms with E-state index in [4.69, 9.17) is 19.2 Å². The maximum Gasteiger partial charge on any atom is 0.257 e. The Kier molecular flexibility index (Phi) is 4.38. The Morgan fingerprint density at radius 2 is 2.19 bits per heavy atom. The fourth-order valence-corrected chi connectivity index (χ4v) is 4.91. The number of aromatic nitrogens is 5. The number of rotatable bonds is 5. The van der Waals surface area contributed by atoms with E-state index in [1.165, 1.54) is 0 Å². The van der Waals surface area contributed by atoms with E-state index in [1.54, 1.807) is 10.9 Å². The first-order chi connectivity index (χ1) is 15.6. The molecule has 0 unspecified atom stereocenters. The molecule has 3 aliphatic rings. The maximum absolute atomic E-state index is 9.68. The minimum absolute atomic E-state index is 0.0710. The predicted octanol–water partition coefficient (Wildman–Crippen LogP) is 2.55. The van der Waals surface area contributed by atoms with Crippen molar-refractivity contribution in [2.24, 2.45) is 18.4 Å². The van der Waals surface area contributed by atoms with Crippen LogP contribution in [0.1, 0.15) is 31.5 Å². The molecule has 0 amide bonds. The third-order valence-corrected chi connectivity index (χ3v) is 7.01. The maximum atomic E-state index is 9.68. The van der Waals surface area contributed by atoms with Gasteiger partial charge >= 0.3 is 0 Å². The molecule has 3 aromatic heterocycles. The van der Waals surface area contributed by atoms with Crippen LogP contribution in [0.5, 0.6) is 5.88 Å². The third-order valence-electron chi connectivity index (χ3n) is 7.01. The molecule has 10 nitrogen and oxygen atoms in total. The van der Waals surface area contributed by atoms with Gasteiger partial charge in [-0.2, -0.15) is 10.2 Å². The van der Waals surface area contributed by atoms with Crippen LogP contribution in [0.3, 0.4) is 0 Å². The fourth-order valence-electron chi connectivity index (χ4n) is 4.91. The van der Waals surface area contributed by atoms with Crippen molar-refractivity contribution < 1.29 is 14.2 Å². The van der Waals surface area contributed by atoms with Crippen LogP contribution in [-0.2, 0) is 16.5 Å². The molecule has 0 radical (unpaired) electrons. The van der Waals surface area contributed by atoms with E-state index in [0.29, 0.717) is 42.3 Å². The number of ether oxygens (including phenoxy) is 3. The summed E-state index contributed by atoms with van der Waals surface area (Å²) in [4.78, 5) is 9.23. The van der Waals surface area contributed by atoms with Crippen molar-refractivity contribution >= 4 is 22.7 Å². The molecule has 0 aromatic carbocycles. The normalized spacial score (nSPS) is 26.0. The molecule has 6 rings (SSSR count). The van der Waals surface area contributed by atoms with Crippen LogP contribution < -0.4 is 10.1 Å². The third kappa shape index (κ3) is 2.96. The number of anilines is 2. The van der Waals surface area contributed by atoms with E-state index >= 15 is 0 Å². The standard InChI is InChI=1S/C22H25N7O3/c1-13-9-30-10-17(13)29-15(6-23)5-14-7-24-21(26-19(14)29)25-16-8-28(2)27-20(16)32-18-3-4-22(18)11-31-12-22/h5,7-8,13,17-18H,3-4,9-12H2,1-2H3,(H,24,25,26)/t13-,17-,18-/m0/s1. The minimum Gasteiger partial charge on any atom is -0.471 e. The molecule has 3 fully saturated rings. The van der Waals surface area contributed by atoms with Crippen molar-refractivity contribution in [1.82, 2.24) is 24.3 Å². The topological polar surface area (TPSA) is 112 Å². The Morgan fingerprint density at radius 3 is 2.84 bits per heavy atom. The number of aryl methyl sites for hydroxylation is 1. The zero-order valence-corrected chi connectivity index (χ0v) is 18.1. The van der Waals surface area contributed by atoms with Gasteiger partial charge in [0.15, 0.2) is 0 Å². The van der Waals surface area contributed by atoms with E-state index in [2.05, 4.69) is 28.4 Å². The summed E-state index contributed by atoms with van der Waals surface area (Å²) in [5, 5.41) is 18.3. The molecular weight excluding hydrogens is 410 g/mol. The molecule has 3 aromatic rings. The van der Waals surface area contributed by atoms with Gasteiger partial charge in [-0.1, -0.05) is 6.92 Å². The molecule has 5 heterocycles. The van der Waals surface area contributed by atoms with Crippen LogP contribution in [-0.4, -0.2) is 56.8 Å². The van der Waals surface area contributed by atoms with Gasteiger partial charge < -0.3 is 24.1 Å². The van der Waals surface area contributed by atoms with Gasteiger partial charge in [0.2, 0.25) is 5.95 Å². The first kappa shape index (κ1) is 19.5. The zero-order valence-electron chi connectivity index (χ0n) is 18.1. The van der Waals surface area contributed by atoms with E-state index < -0.39 is 0 Å². The Hall–Kier alpha value is -3.16. The van der Waals surface area contributed by atoms with Crippen molar-refractivity contribution in [1.29, 1.82) is 5.26 Å². The number of fused-ring (bicyclic) bond motifs is 1. The molecule has 32 heavy (non-hydrogen) atoms. The number of nitrogens with zero attached hydrogens (tertiary/aromatic N) is 6. The SMILES string of the molecule is C[C@H]1COC[C@@H]1n1c(C#N)cc2cnc(Nc3cn(C)nc3O[C@H]3CCC34COC4)nc21. The molecular formula is C22H25N7O3. The fraction of sp³-hybridized carbons (Fsp3) is 0.545. The lowest BCUT2D eigenvalue weighted by atomic mass is 9.64. The Morgan fingerprint density at radius 1 is 1.31 bits per heavy atom. The molecule has 1 saturated carbocycles. The molecule has 0 bridgehead atoms. The van der Waals surface area contributed by atoms with Gasteiger partial charge in [0.05, 0.1) is 44.1 Å². The molecule has 3 atom stereocenters. The van der Waals surface area contributed by atoms with Crippen LogP contribution in [0.2, 0.25) is 0 Å². The van der Waals surface area contributed by atoms with E-state index in [9.17, 15) is 5.26 Å². The number of hydrogen-bond donors (Lipinski definition) is 1. The second-order valence-electron chi connectivity index (χ2n) is 9.21. The number of nitrogens with one attached hydrogen (secondary N) is 1. The minimum atomic E-state index is 0.0710. The lowest BCUT2D eigenvalue weighted by Gasteiger charge is -2.53. The van der Waals surface area contributed by atoms with Crippen molar-refractivity contribution in [2.75, 3.05) is 31.7 Å². The van der Waals surface area contributed by atoms with Crippen LogP contribution in [0.25, 0.3) is 11.0 Å². The molecule has 166 valence electrons. The van der Waals surface area contributed by atoms with Gasteiger partial charge in [-0.05, 0) is 18.9 Å². The average molecular weight is 435 g/mol.